The Kier molecular flexibility index (Phi) is 3.64. The molecule has 0 heterocycles. The Bertz CT molecular complexity index is 444. The number of carboxylic acid groups (broad SMARTS) is 1. The molecule has 0 atom stereocenters. The van der Waals surface area contributed by atoms with Crippen LogP contribution in [0.25, 0.3) is 0 Å². The SMILES string of the molecule is O=C([O-])c1ccc(OC(F)F)c(OCC2CC2)c1. The molecule has 0 spiro atoms. The molecule has 0 amide bonds. The van der Waals surface area contributed by atoms with Crippen LogP contribution in [-0.2, 0) is 0 Å². The van der Waals surface area contributed by atoms with Crippen LogP contribution in [0, 0.1) is 5.92 Å². The number of aromatic carboxylic acids is 1. The molecule has 0 radical (unpaired) electrons. The van der Waals surface area contributed by atoms with Gasteiger partial charge in [0, 0.05) is 5.56 Å². The predicted molar refractivity (Wildman–Crippen MR) is 55.6 cm³/mol. The van der Waals surface area contributed by atoms with Gasteiger partial charge in [-0.25, -0.2) is 0 Å². The molecule has 0 aliphatic heterocycles. The monoisotopic (exact) mass is 257 g/mol. The number of alkyl halides is 2. The first-order valence-corrected chi connectivity index (χ1v) is 5.49. The Balaban J connectivity index is 2.17. The lowest BCUT2D eigenvalue weighted by molar-refractivity contribution is -0.255. The average Bonchev–Trinajstić information content (AvgIpc) is 3.10. The van der Waals surface area contributed by atoms with E-state index in [1.807, 2.05) is 0 Å². The van der Waals surface area contributed by atoms with Crippen molar-refractivity contribution in [3.63, 3.8) is 0 Å². The number of halogens is 2. The fourth-order valence-electron chi connectivity index (χ4n) is 1.43. The van der Waals surface area contributed by atoms with Gasteiger partial charge < -0.3 is 19.4 Å². The number of carbonyl (C=O) groups excluding carboxylic acids is 1. The van der Waals surface area contributed by atoms with Crippen molar-refractivity contribution >= 4 is 5.97 Å². The fourth-order valence-corrected chi connectivity index (χ4v) is 1.43. The van der Waals surface area contributed by atoms with Crippen molar-refractivity contribution in [3.8, 4) is 11.5 Å². The van der Waals surface area contributed by atoms with E-state index in [1.54, 1.807) is 0 Å². The highest BCUT2D eigenvalue weighted by atomic mass is 19.3. The zero-order valence-electron chi connectivity index (χ0n) is 9.40. The van der Waals surface area contributed by atoms with Crippen LogP contribution in [0.5, 0.6) is 11.5 Å². The molecule has 0 aromatic heterocycles. The maximum Gasteiger partial charge on any atom is 0.387 e. The molecular weight excluding hydrogens is 246 g/mol. The van der Waals surface area contributed by atoms with Crippen molar-refractivity contribution in [2.75, 3.05) is 6.61 Å². The van der Waals surface area contributed by atoms with E-state index in [0.717, 1.165) is 31.0 Å². The lowest BCUT2D eigenvalue weighted by atomic mass is 10.2. The van der Waals surface area contributed by atoms with Crippen LogP contribution in [0.1, 0.15) is 23.2 Å². The molecule has 1 aromatic rings. The Labute approximate surface area is 102 Å². The zero-order valence-corrected chi connectivity index (χ0v) is 9.40. The van der Waals surface area contributed by atoms with Gasteiger partial charge >= 0.3 is 6.61 Å². The Morgan fingerprint density at radius 3 is 2.67 bits per heavy atom. The van der Waals surface area contributed by atoms with Gasteiger partial charge in [-0.1, -0.05) is 0 Å². The molecule has 1 fully saturated rings. The number of carbonyl (C=O) groups is 1. The minimum atomic E-state index is -2.98. The zero-order chi connectivity index (χ0) is 13.1. The molecule has 1 aromatic carbocycles. The number of hydrogen-bond acceptors (Lipinski definition) is 4. The third-order valence-corrected chi connectivity index (χ3v) is 2.57. The number of ether oxygens (including phenoxy) is 2. The van der Waals surface area contributed by atoms with Gasteiger partial charge in [-0.3, -0.25) is 0 Å². The first-order chi connectivity index (χ1) is 8.56. The first-order valence-electron chi connectivity index (χ1n) is 5.49. The van der Waals surface area contributed by atoms with Crippen LogP contribution in [-0.4, -0.2) is 19.2 Å². The van der Waals surface area contributed by atoms with E-state index in [0.29, 0.717) is 12.5 Å². The van der Waals surface area contributed by atoms with Gasteiger partial charge in [-0.2, -0.15) is 8.78 Å². The second-order valence-electron chi connectivity index (χ2n) is 4.08. The minimum absolute atomic E-state index is 0.00361. The average molecular weight is 257 g/mol. The summed E-state index contributed by atoms with van der Waals surface area (Å²) in [6, 6.07) is 3.41. The normalized spacial score (nSPS) is 14.6. The van der Waals surface area contributed by atoms with Gasteiger partial charge in [0.05, 0.1) is 12.6 Å². The second kappa shape index (κ2) is 5.20. The third-order valence-electron chi connectivity index (χ3n) is 2.57. The molecule has 98 valence electrons. The van der Waals surface area contributed by atoms with Crippen LogP contribution in [0.15, 0.2) is 18.2 Å². The highest BCUT2D eigenvalue weighted by Gasteiger charge is 2.23. The van der Waals surface area contributed by atoms with Gasteiger partial charge in [0.2, 0.25) is 0 Å². The molecule has 4 nitrogen and oxygen atoms in total. The van der Waals surface area contributed by atoms with Crippen LogP contribution in [0.3, 0.4) is 0 Å². The molecule has 2 rings (SSSR count). The highest BCUT2D eigenvalue weighted by molar-refractivity contribution is 5.86. The molecule has 0 N–H and O–H groups in total. The maximum atomic E-state index is 12.2. The predicted octanol–water partition coefficient (Wildman–Crippen LogP) is 1.44. The van der Waals surface area contributed by atoms with E-state index in [-0.39, 0.29) is 17.1 Å². The number of hydrogen-bond donors (Lipinski definition) is 0. The van der Waals surface area contributed by atoms with Crippen molar-refractivity contribution in [2.24, 2.45) is 5.92 Å². The van der Waals surface area contributed by atoms with E-state index in [2.05, 4.69) is 4.74 Å². The number of carboxylic acids is 1. The Hall–Kier alpha value is -1.85. The van der Waals surface area contributed by atoms with Gasteiger partial charge in [0.1, 0.15) is 0 Å². The summed E-state index contributed by atoms with van der Waals surface area (Å²) in [6.07, 6.45) is 2.07. The summed E-state index contributed by atoms with van der Waals surface area (Å²) in [5.74, 6) is -1.15. The summed E-state index contributed by atoms with van der Waals surface area (Å²) in [6.45, 7) is -2.61. The van der Waals surface area contributed by atoms with Gasteiger partial charge in [-0.05, 0) is 37.0 Å². The lowest BCUT2D eigenvalue weighted by Crippen LogP contribution is -2.22. The second-order valence-corrected chi connectivity index (χ2v) is 4.08. The van der Waals surface area contributed by atoms with Crippen molar-refractivity contribution in [3.05, 3.63) is 23.8 Å². The largest absolute Gasteiger partial charge is 0.545 e. The van der Waals surface area contributed by atoms with E-state index in [9.17, 15) is 18.7 Å². The molecule has 6 heteroatoms. The van der Waals surface area contributed by atoms with E-state index >= 15 is 0 Å². The Morgan fingerprint density at radius 2 is 2.11 bits per heavy atom. The van der Waals surface area contributed by atoms with Crippen molar-refractivity contribution in [1.29, 1.82) is 0 Å². The third kappa shape index (κ3) is 3.32. The summed E-state index contributed by atoms with van der Waals surface area (Å²) in [5, 5.41) is 10.7. The number of benzene rings is 1. The fraction of sp³-hybridized carbons (Fsp3) is 0.417. The molecule has 0 saturated heterocycles. The minimum Gasteiger partial charge on any atom is -0.545 e. The molecule has 1 saturated carbocycles. The van der Waals surface area contributed by atoms with E-state index in [1.165, 1.54) is 0 Å². The lowest BCUT2D eigenvalue weighted by Gasteiger charge is -2.13. The van der Waals surface area contributed by atoms with Gasteiger partial charge in [0.15, 0.2) is 11.5 Å². The highest BCUT2D eigenvalue weighted by Crippen LogP contribution is 2.34. The van der Waals surface area contributed by atoms with Crippen LogP contribution in [0.4, 0.5) is 8.78 Å². The standard InChI is InChI=1S/C12H12F2O4/c13-12(14)18-9-4-3-8(11(15)16)5-10(9)17-6-7-1-2-7/h3-5,7,12H,1-2,6H2,(H,15,16)/p-1. The first kappa shape index (κ1) is 12.6. The molecule has 1 aliphatic carbocycles. The molecule has 0 bridgehead atoms. The van der Waals surface area contributed by atoms with Crippen LogP contribution < -0.4 is 14.6 Å². The summed E-state index contributed by atoms with van der Waals surface area (Å²) in [5.41, 5.74) is -0.137. The van der Waals surface area contributed by atoms with E-state index in [4.69, 9.17) is 4.74 Å². The molecular formula is C12H11F2O4-. The Morgan fingerprint density at radius 1 is 1.39 bits per heavy atom. The van der Waals surface area contributed by atoms with Crippen molar-refractivity contribution in [1.82, 2.24) is 0 Å². The van der Waals surface area contributed by atoms with Crippen molar-refractivity contribution < 1.29 is 28.2 Å². The van der Waals surface area contributed by atoms with Crippen LogP contribution in [0.2, 0.25) is 0 Å². The van der Waals surface area contributed by atoms with Crippen LogP contribution >= 0.6 is 0 Å². The number of rotatable bonds is 6. The summed E-state index contributed by atoms with van der Waals surface area (Å²) >= 11 is 0. The quantitative estimate of drug-likeness (QED) is 0.773. The van der Waals surface area contributed by atoms with E-state index < -0.39 is 12.6 Å². The molecule has 1 aliphatic rings. The smallest absolute Gasteiger partial charge is 0.387 e. The summed E-state index contributed by atoms with van der Waals surface area (Å²) in [4.78, 5) is 10.7. The molecule has 0 unspecified atom stereocenters. The summed E-state index contributed by atoms with van der Waals surface area (Å²) in [7, 11) is 0. The van der Waals surface area contributed by atoms with Gasteiger partial charge in [-0.15, -0.1) is 0 Å². The topological polar surface area (TPSA) is 58.6 Å². The summed E-state index contributed by atoms with van der Waals surface area (Å²) < 4.78 is 33.9. The van der Waals surface area contributed by atoms with Crippen molar-refractivity contribution in [2.45, 2.75) is 19.5 Å². The maximum absolute atomic E-state index is 12.2. The van der Waals surface area contributed by atoms with Gasteiger partial charge in [0.25, 0.3) is 0 Å². The molecule has 18 heavy (non-hydrogen) atoms.